The number of methoxy groups -OCH3 is 2. The molecule has 184 valence electrons. The summed E-state index contributed by atoms with van der Waals surface area (Å²) in [5, 5.41) is 10.7. The number of aliphatic hydroxyl groups is 1. The van der Waals surface area contributed by atoms with Crippen LogP contribution in [0.1, 0.15) is 52.5 Å². The van der Waals surface area contributed by atoms with E-state index in [1.807, 2.05) is 32.0 Å². The van der Waals surface area contributed by atoms with E-state index in [1.54, 1.807) is 14.2 Å². The summed E-state index contributed by atoms with van der Waals surface area (Å²) in [5.74, 6) is 1.35. The Morgan fingerprint density at radius 3 is 2.25 bits per heavy atom. The highest BCUT2D eigenvalue weighted by Gasteiger charge is 2.28. The van der Waals surface area contributed by atoms with Crippen LogP contribution in [0.4, 0.5) is 0 Å². The highest BCUT2D eigenvalue weighted by atomic mass is 16.5. The first-order chi connectivity index (χ1) is 15.1. The molecule has 0 radical (unpaired) electrons. The molecule has 0 aliphatic carbocycles. The van der Waals surface area contributed by atoms with Crippen molar-refractivity contribution in [2.45, 2.75) is 65.5 Å². The van der Waals surface area contributed by atoms with Crippen LogP contribution in [0.3, 0.4) is 0 Å². The molecule has 0 aliphatic rings. The molecule has 0 spiro atoms. The van der Waals surface area contributed by atoms with E-state index in [0.29, 0.717) is 43.5 Å². The second-order valence-electron chi connectivity index (χ2n) is 9.34. The Balaban J connectivity index is 2.84. The van der Waals surface area contributed by atoms with Gasteiger partial charge in [-0.2, -0.15) is 0 Å². The average Bonchev–Trinajstić information content (AvgIpc) is 2.73. The number of hydrogen-bond donors (Lipinski definition) is 3. The van der Waals surface area contributed by atoms with Gasteiger partial charge in [0, 0.05) is 32.1 Å². The van der Waals surface area contributed by atoms with Gasteiger partial charge in [-0.1, -0.05) is 33.8 Å². The number of ether oxygens (including phenoxy) is 3. The minimum atomic E-state index is -0.772. The second kappa shape index (κ2) is 14.3. The maximum Gasteiger partial charge on any atom is 0.220 e. The number of carbonyl (C=O) groups excluding carboxylic acids is 1. The zero-order valence-electron chi connectivity index (χ0n) is 20.7. The number of amides is 1. The molecule has 0 aromatic heterocycles. The van der Waals surface area contributed by atoms with E-state index in [0.717, 1.165) is 18.4 Å². The molecule has 0 saturated carbocycles. The fourth-order valence-electron chi connectivity index (χ4n) is 3.90. The van der Waals surface area contributed by atoms with Gasteiger partial charge in [0.05, 0.1) is 19.8 Å². The maximum atomic E-state index is 11.7. The lowest BCUT2D eigenvalue weighted by molar-refractivity contribution is -0.124. The maximum absolute atomic E-state index is 11.7. The minimum Gasteiger partial charge on any atom is -0.493 e. The van der Waals surface area contributed by atoms with E-state index in [-0.39, 0.29) is 23.7 Å². The van der Waals surface area contributed by atoms with E-state index < -0.39 is 12.1 Å². The highest BCUT2D eigenvalue weighted by Crippen LogP contribution is 2.31. The zero-order chi connectivity index (χ0) is 24.3. The van der Waals surface area contributed by atoms with Crippen LogP contribution < -0.4 is 20.9 Å². The molecule has 5 N–H and O–H groups in total. The monoisotopic (exact) mass is 452 g/mol. The number of hydrogen-bond acceptors (Lipinski definition) is 6. The number of aliphatic hydroxyl groups excluding tert-OH is 1. The third-order valence-corrected chi connectivity index (χ3v) is 6.15. The van der Waals surface area contributed by atoms with Gasteiger partial charge in [-0.3, -0.25) is 4.79 Å². The van der Waals surface area contributed by atoms with Crippen LogP contribution in [0, 0.1) is 23.7 Å². The van der Waals surface area contributed by atoms with Crippen LogP contribution in [0.15, 0.2) is 18.2 Å². The molecule has 2 unspecified atom stereocenters. The molecular weight excluding hydrogens is 408 g/mol. The smallest absolute Gasteiger partial charge is 0.220 e. The molecular formula is C25H44N2O5. The van der Waals surface area contributed by atoms with Crippen LogP contribution in [0.2, 0.25) is 0 Å². The molecule has 4 atom stereocenters. The van der Waals surface area contributed by atoms with Gasteiger partial charge in [0.15, 0.2) is 11.5 Å². The van der Waals surface area contributed by atoms with Crippen molar-refractivity contribution in [1.82, 2.24) is 0 Å². The summed E-state index contributed by atoms with van der Waals surface area (Å²) in [6.45, 7) is 9.39. The molecule has 1 aromatic rings. The summed E-state index contributed by atoms with van der Waals surface area (Å²) >= 11 is 0. The zero-order valence-corrected chi connectivity index (χ0v) is 20.7. The Labute approximate surface area is 193 Å². The van der Waals surface area contributed by atoms with Gasteiger partial charge in [0.25, 0.3) is 0 Å². The van der Waals surface area contributed by atoms with Crippen molar-refractivity contribution >= 4 is 5.91 Å². The van der Waals surface area contributed by atoms with E-state index >= 15 is 0 Å². The first-order valence-electron chi connectivity index (χ1n) is 11.6. The molecule has 0 fully saturated rings. The lowest BCUT2D eigenvalue weighted by Gasteiger charge is -2.29. The fraction of sp³-hybridized carbons (Fsp3) is 0.720. The van der Waals surface area contributed by atoms with Crippen LogP contribution in [-0.4, -0.2) is 50.6 Å². The molecule has 0 bridgehead atoms. The van der Waals surface area contributed by atoms with Gasteiger partial charge in [-0.15, -0.1) is 0 Å². The normalized spacial score (nSPS) is 15.4. The highest BCUT2D eigenvalue weighted by molar-refractivity contribution is 5.76. The van der Waals surface area contributed by atoms with Gasteiger partial charge in [-0.05, 0) is 54.7 Å². The van der Waals surface area contributed by atoms with Crippen molar-refractivity contribution in [2.75, 3.05) is 27.4 Å². The van der Waals surface area contributed by atoms with Crippen LogP contribution >= 0.6 is 0 Å². The number of benzene rings is 1. The lowest BCUT2D eigenvalue weighted by atomic mass is 9.81. The molecule has 7 heteroatoms. The molecule has 0 saturated heterocycles. The Kier molecular flexibility index (Phi) is 12.6. The summed E-state index contributed by atoms with van der Waals surface area (Å²) in [6, 6.07) is 5.56. The van der Waals surface area contributed by atoms with Gasteiger partial charge >= 0.3 is 0 Å². The third kappa shape index (κ3) is 9.35. The molecule has 32 heavy (non-hydrogen) atoms. The predicted molar refractivity (Wildman–Crippen MR) is 128 cm³/mol. The Hall–Kier alpha value is -1.83. The first-order valence-corrected chi connectivity index (χ1v) is 11.6. The first kappa shape index (κ1) is 28.2. The van der Waals surface area contributed by atoms with Gasteiger partial charge < -0.3 is 30.8 Å². The summed E-state index contributed by atoms with van der Waals surface area (Å²) < 4.78 is 16.4. The molecule has 1 rings (SSSR count). The molecule has 1 amide bonds. The van der Waals surface area contributed by atoms with Crippen molar-refractivity contribution in [2.24, 2.45) is 35.1 Å². The van der Waals surface area contributed by atoms with E-state index in [1.165, 1.54) is 0 Å². The number of carbonyl (C=O) groups is 1. The van der Waals surface area contributed by atoms with E-state index in [2.05, 4.69) is 13.8 Å². The van der Waals surface area contributed by atoms with Crippen LogP contribution in [0.25, 0.3) is 0 Å². The van der Waals surface area contributed by atoms with Crippen LogP contribution in [0.5, 0.6) is 11.5 Å². The summed E-state index contributed by atoms with van der Waals surface area (Å²) in [6.07, 6.45) is 1.78. The quantitative estimate of drug-likeness (QED) is 0.332. The van der Waals surface area contributed by atoms with Gasteiger partial charge in [0.2, 0.25) is 5.91 Å². The number of primary amides is 1. The number of rotatable bonds is 16. The van der Waals surface area contributed by atoms with E-state index in [4.69, 9.17) is 25.7 Å². The predicted octanol–water partition coefficient (Wildman–Crippen LogP) is 3.15. The molecule has 0 aliphatic heterocycles. The second-order valence-corrected chi connectivity index (χ2v) is 9.34. The summed E-state index contributed by atoms with van der Waals surface area (Å²) in [7, 11) is 3.30. The largest absolute Gasteiger partial charge is 0.493 e. The van der Waals surface area contributed by atoms with Gasteiger partial charge in [0.1, 0.15) is 0 Å². The SMILES string of the molecule is COCCCOc1cc(CC(C[C@H](N)[C@@H](O)CC(C(N)=O)C(C)C)C(C)C)ccc1OC. The summed E-state index contributed by atoms with van der Waals surface area (Å²) in [5.41, 5.74) is 13.0. The Bertz CT molecular complexity index is 680. The van der Waals surface area contributed by atoms with Crippen molar-refractivity contribution in [3.63, 3.8) is 0 Å². The third-order valence-electron chi connectivity index (χ3n) is 6.15. The number of nitrogens with two attached hydrogens (primary N) is 2. The lowest BCUT2D eigenvalue weighted by Crippen LogP contribution is -2.41. The Morgan fingerprint density at radius 2 is 1.72 bits per heavy atom. The van der Waals surface area contributed by atoms with Crippen molar-refractivity contribution in [3.05, 3.63) is 23.8 Å². The van der Waals surface area contributed by atoms with Crippen molar-refractivity contribution in [1.29, 1.82) is 0 Å². The molecule has 0 heterocycles. The molecule has 7 nitrogen and oxygen atoms in total. The average molecular weight is 453 g/mol. The molecule has 1 aromatic carbocycles. The van der Waals surface area contributed by atoms with Gasteiger partial charge in [-0.25, -0.2) is 0 Å². The minimum absolute atomic E-state index is 0.0665. The topological polar surface area (TPSA) is 117 Å². The van der Waals surface area contributed by atoms with Crippen molar-refractivity contribution < 1.29 is 24.1 Å². The van der Waals surface area contributed by atoms with Crippen LogP contribution in [-0.2, 0) is 16.0 Å². The van der Waals surface area contributed by atoms with E-state index in [9.17, 15) is 9.90 Å². The summed E-state index contributed by atoms with van der Waals surface area (Å²) in [4.78, 5) is 11.7. The fourth-order valence-corrected chi connectivity index (χ4v) is 3.90. The Morgan fingerprint density at radius 1 is 1.03 bits per heavy atom. The standard InChI is InChI=1S/C25H44N2O5/c1-16(2)19(14-21(26)22(28)15-20(17(3)4)25(27)29)12-18-8-9-23(31-6)24(13-18)32-11-7-10-30-5/h8-9,13,16-17,19-22,28H,7,10-12,14-15,26H2,1-6H3,(H2,27,29)/t19?,20?,21-,22-/m0/s1. The van der Waals surface area contributed by atoms with Crippen molar-refractivity contribution in [3.8, 4) is 11.5 Å².